The molecule has 0 heterocycles. The van der Waals surface area contributed by atoms with E-state index in [0.717, 1.165) is 5.56 Å². The van der Waals surface area contributed by atoms with Gasteiger partial charge in [-0.15, -0.1) is 0 Å². The maximum absolute atomic E-state index is 12.3. The normalized spacial score (nSPS) is 11.9. The lowest BCUT2D eigenvalue weighted by atomic mass is 10.1. The number of esters is 2. The topological polar surface area (TPSA) is 52.6 Å². The molecule has 0 fully saturated rings. The van der Waals surface area contributed by atoms with Crippen molar-refractivity contribution >= 4 is 11.9 Å². The summed E-state index contributed by atoms with van der Waals surface area (Å²) in [6.07, 6.45) is 2.89. The Kier molecular flexibility index (Phi) is 6.77. The highest BCUT2D eigenvalue weighted by Crippen LogP contribution is 2.22. The summed E-state index contributed by atoms with van der Waals surface area (Å²) in [5, 5.41) is 0. The molecule has 0 aliphatic rings. The molecule has 2 aromatic rings. The largest absolute Gasteiger partial charge is 0.462 e. The number of hydrogen-bond donors (Lipinski definition) is 0. The van der Waals surface area contributed by atoms with Crippen LogP contribution in [-0.2, 0) is 14.3 Å². The number of hydrogen-bond acceptors (Lipinski definition) is 4. The van der Waals surface area contributed by atoms with Gasteiger partial charge in [-0.1, -0.05) is 54.6 Å². The van der Waals surface area contributed by atoms with Gasteiger partial charge in [0, 0.05) is 12.5 Å². The van der Waals surface area contributed by atoms with Gasteiger partial charge in [-0.05, 0) is 24.6 Å². The van der Waals surface area contributed by atoms with E-state index in [1.807, 2.05) is 36.4 Å². The van der Waals surface area contributed by atoms with Crippen molar-refractivity contribution in [2.45, 2.75) is 19.4 Å². The van der Waals surface area contributed by atoms with Gasteiger partial charge in [-0.3, -0.25) is 0 Å². The molecule has 0 amide bonds. The van der Waals surface area contributed by atoms with Crippen LogP contribution in [0.25, 0.3) is 0 Å². The van der Waals surface area contributed by atoms with E-state index in [0.29, 0.717) is 12.0 Å². The maximum atomic E-state index is 12.3. The fourth-order valence-electron chi connectivity index (χ4n) is 2.18. The Morgan fingerprint density at radius 3 is 2.25 bits per heavy atom. The van der Waals surface area contributed by atoms with Crippen LogP contribution in [0, 0.1) is 0 Å². The molecule has 0 aliphatic carbocycles. The summed E-state index contributed by atoms with van der Waals surface area (Å²) in [4.78, 5) is 23.7. The van der Waals surface area contributed by atoms with E-state index in [2.05, 4.69) is 0 Å². The van der Waals surface area contributed by atoms with Crippen molar-refractivity contribution < 1.29 is 19.1 Å². The quantitative estimate of drug-likeness (QED) is 0.568. The lowest BCUT2D eigenvalue weighted by Crippen LogP contribution is -2.15. The van der Waals surface area contributed by atoms with Crippen molar-refractivity contribution in [2.75, 3.05) is 6.61 Å². The van der Waals surface area contributed by atoms with Gasteiger partial charge >= 0.3 is 11.9 Å². The predicted octanol–water partition coefficient (Wildman–Crippen LogP) is 4.09. The van der Waals surface area contributed by atoms with Crippen molar-refractivity contribution in [3.8, 4) is 0 Å². The Balaban J connectivity index is 2.03. The third-order valence-electron chi connectivity index (χ3n) is 3.36. The van der Waals surface area contributed by atoms with E-state index in [1.54, 1.807) is 37.3 Å². The monoisotopic (exact) mass is 324 g/mol. The first-order chi connectivity index (χ1) is 11.7. The SMILES string of the molecule is C/C=C/C(=O)OCCC(OC(=O)c1ccccc1)c1ccccc1. The summed E-state index contributed by atoms with van der Waals surface area (Å²) in [7, 11) is 0. The first kappa shape index (κ1) is 17.5. The van der Waals surface area contributed by atoms with Crippen LogP contribution in [0.5, 0.6) is 0 Å². The molecular formula is C20H20O4. The van der Waals surface area contributed by atoms with Crippen LogP contribution in [0.15, 0.2) is 72.8 Å². The minimum atomic E-state index is -0.475. The highest BCUT2D eigenvalue weighted by atomic mass is 16.6. The van der Waals surface area contributed by atoms with Crippen molar-refractivity contribution in [3.05, 3.63) is 83.9 Å². The van der Waals surface area contributed by atoms with E-state index < -0.39 is 18.0 Å². The molecule has 0 radical (unpaired) electrons. The summed E-state index contributed by atoms with van der Waals surface area (Å²) in [6.45, 7) is 1.92. The summed E-state index contributed by atoms with van der Waals surface area (Å²) in [5.41, 5.74) is 1.35. The van der Waals surface area contributed by atoms with Crippen LogP contribution in [-0.4, -0.2) is 18.5 Å². The number of rotatable bonds is 7. The van der Waals surface area contributed by atoms with Gasteiger partial charge in [0.05, 0.1) is 12.2 Å². The third-order valence-corrected chi connectivity index (χ3v) is 3.36. The van der Waals surface area contributed by atoms with Crippen LogP contribution in [0.2, 0.25) is 0 Å². The molecule has 2 aromatic carbocycles. The van der Waals surface area contributed by atoms with Crippen LogP contribution < -0.4 is 0 Å². The summed E-state index contributed by atoms with van der Waals surface area (Å²) in [5.74, 6) is -0.803. The van der Waals surface area contributed by atoms with Crippen LogP contribution in [0.4, 0.5) is 0 Å². The first-order valence-corrected chi connectivity index (χ1v) is 7.81. The fourth-order valence-corrected chi connectivity index (χ4v) is 2.18. The molecule has 0 aromatic heterocycles. The Morgan fingerprint density at radius 2 is 1.62 bits per heavy atom. The molecular weight excluding hydrogens is 304 g/mol. The van der Waals surface area contributed by atoms with Crippen LogP contribution >= 0.6 is 0 Å². The zero-order valence-corrected chi connectivity index (χ0v) is 13.6. The predicted molar refractivity (Wildman–Crippen MR) is 91.4 cm³/mol. The Hall–Kier alpha value is -2.88. The average molecular weight is 324 g/mol. The summed E-state index contributed by atoms with van der Waals surface area (Å²) >= 11 is 0. The lowest BCUT2D eigenvalue weighted by molar-refractivity contribution is -0.138. The average Bonchev–Trinajstić information content (AvgIpc) is 2.62. The number of carbonyl (C=O) groups is 2. The zero-order valence-electron chi connectivity index (χ0n) is 13.6. The van der Waals surface area contributed by atoms with Gasteiger partial charge in [0.15, 0.2) is 0 Å². The highest BCUT2D eigenvalue weighted by Gasteiger charge is 2.18. The standard InChI is InChI=1S/C20H20O4/c1-2-9-19(21)23-15-14-18(16-10-5-3-6-11-16)24-20(22)17-12-7-4-8-13-17/h2-13,18H,14-15H2,1H3/b9-2+. The highest BCUT2D eigenvalue weighted by molar-refractivity contribution is 5.89. The van der Waals surface area contributed by atoms with Gasteiger partial charge in [0.1, 0.15) is 6.10 Å². The second-order valence-electron chi connectivity index (χ2n) is 5.13. The second kappa shape index (κ2) is 9.30. The number of allylic oxidation sites excluding steroid dienone is 1. The molecule has 0 saturated heterocycles. The van der Waals surface area contributed by atoms with Crippen LogP contribution in [0.1, 0.15) is 35.4 Å². The van der Waals surface area contributed by atoms with Crippen LogP contribution in [0.3, 0.4) is 0 Å². The molecule has 4 heteroatoms. The van der Waals surface area contributed by atoms with Gasteiger partial charge < -0.3 is 9.47 Å². The Morgan fingerprint density at radius 1 is 1.00 bits per heavy atom. The summed E-state index contributed by atoms with van der Waals surface area (Å²) in [6, 6.07) is 18.2. The van der Waals surface area contributed by atoms with E-state index in [1.165, 1.54) is 6.08 Å². The van der Waals surface area contributed by atoms with E-state index in [9.17, 15) is 9.59 Å². The van der Waals surface area contributed by atoms with Crippen molar-refractivity contribution in [1.29, 1.82) is 0 Å². The minimum Gasteiger partial charge on any atom is -0.462 e. The van der Waals surface area contributed by atoms with Gasteiger partial charge in [0.2, 0.25) is 0 Å². The first-order valence-electron chi connectivity index (χ1n) is 7.81. The maximum Gasteiger partial charge on any atom is 0.338 e. The van der Waals surface area contributed by atoms with Crippen molar-refractivity contribution in [3.63, 3.8) is 0 Å². The zero-order chi connectivity index (χ0) is 17.2. The fraction of sp³-hybridized carbons (Fsp3) is 0.200. The van der Waals surface area contributed by atoms with Gasteiger partial charge in [-0.25, -0.2) is 9.59 Å². The molecule has 0 N–H and O–H groups in total. The molecule has 0 bridgehead atoms. The number of carbonyl (C=O) groups excluding carboxylic acids is 2. The molecule has 2 rings (SSSR count). The number of benzene rings is 2. The Labute approximate surface area is 141 Å². The molecule has 0 saturated carbocycles. The third kappa shape index (κ3) is 5.39. The van der Waals surface area contributed by atoms with E-state index in [4.69, 9.17) is 9.47 Å². The van der Waals surface area contributed by atoms with E-state index in [-0.39, 0.29) is 6.61 Å². The van der Waals surface area contributed by atoms with Gasteiger partial charge in [-0.2, -0.15) is 0 Å². The molecule has 0 spiro atoms. The van der Waals surface area contributed by atoms with Gasteiger partial charge in [0.25, 0.3) is 0 Å². The minimum absolute atomic E-state index is 0.171. The molecule has 124 valence electrons. The Bertz CT molecular complexity index is 677. The lowest BCUT2D eigenvalue weighted by Gasteiger charge is -2.18. The molecule has 0 aliphatic heterocycles. The summed E-state index contributed by atoms with van der Waals surface area (Å²) < 4.78 is 10.7. The molecule has 1 unspecified atom stereocenters. The second-order valence-corrected chi connectivity index (χ2v) is 5.13. The number of ether oxygens (including phenoxy) is 2. The molecule has 24 heavy (non-hydrogen) atoms. The van der Waals surface area contributed by atoms with Crippen molar-refractivity contribution in [1.82, 2.24) is 0 Å². The molecule has 1 atom stereocenters. The molecule has 4 nitrogen and oxygen atoms in total. The smallest absolute Gasteiger partial charge is 0.338 e. The van der Waals surface area contributed by atoms with E-state index >= 15 is 0 Å². The van der Waals surface area contributed by atoms with Crippen molar-refractivity contribution in [2.24, 2.45) is 0 Å².